The molecule has 1 aliphatic rings. The summed E-state index contributed by atoms with van der Waals surface area (Å²) in [6, 6.07) is 0. The first-order valence-corrected chi connectivity index (χ1v) is 8.65. The summed E-state index contributed by atoms with van der Waals surface area (Å²) in [5, 5.41) is 0. The van der Waals surface area contributed by atoms with Gasteiger partial charge in [-0.05, 0) is 39.2 Å². The van der Waals surface area contributed by atoms with Crippen LogP contribution in [0.5, 0.6) is 0 Å². The number of piperidine rings is 1. The van der Waals surface area contributed by atoms with Crippen LogP contribution in [0.3, 0.4) is 0 Å². The fourth-order valence-corrected chi connectivity index (χ4v) is 4.80. The number of nitrogens with zero attached hydrogens (tertiary/aromatic N) is 1. The van der Waals surface area contributed by atoms with Crippen LogP contribution in [0.1, 0.15) is 34.7 Å². The van der Waals surface area contributed by atoms with Gasteiger partial charge < -0.3 is 14.9 Å². The summed E-state index contributed by atoms with van der Waals surface area (Å²) in [4.78, 5) is 11.8. The Morgan fingerprint density at radius 2 is 2.09 bits per heavy atom. The molecule has 1 aliphatic heterocycles. The van der Waals surface area contributed by atoms with E-state index < -0.39 is 16.0 Å². The first-order chi connectivity index (χ1) is 10.3. The topological polar surface area (TPSA) is 103 Å². The normalized spacial score (nSPS) is 20.1. The molecule has 0 radical (unpaired) electrons. The number of aryl methyl sites for hydroxylation is 2. The van der Waals surface area contributed by atoms with Gasteiger partial charge in [-0.3, -0.25) is 0 Å². The highest BCUT2D eigenvalue weighted by Crippen LogP contribution is 2.31. The molecule has 1 aromatic heterocycles. The maximum absolute atomic E-state index is 12.9. The van der Waals surface area contributed by atoms with Crippen molar-refractivity contribution in [3.63, 3.8) is 0 Å². The number of carbonyl (C=O) groups excluding carboxylic acids is 1. The molecule has 1 atom stereocenters. The molecule has 1 aromatic rings. The van der Waals surface area contributed by atoms with Crippen molar-refractivity contribution >= 4 is 16.0 Å². The predicted octanol–water partition coefficient (Wildman–Crippen LogP) is 1.04. The number of hydrogen-bond donors (Lipinski definition) is 1. The van der Waals surface area contributed by atoms with Gasteiger partial charge in [-0.15, -0.1) is 0 Å². The van der Waals surface area contributed by atoms with Gasteiger partial charge in [-0.2, -0.15) is 4.31 Å². The van der Waals surface area contributed by atoms with Crippen molar-refractivity contribution < 1.29 is 22.4 Å². The molecule has 0 spiro atoms. The second-order valence-electron chi connectivity index (χ2n) is 5.52. The lowest BCUT2D eigenvalue weighted by Gasteiger charge is -2.31. The summed E-state index contributed by atoms with van der Waals surface area (Å²) < 4.78 is 37.3. The summed E-state index contributed by atoms with van der Waals surface area (Å²) in [6.45, 7) is 4.32. The van der Waals surface area contributed by atoms with Crippen LogP contribution >= 0.6 is 0 Å². The van der Waals surface area contributed by atoms with E-state index in [1.54, 1.807) is 6.92 Å². The van der Waals surface area contributed by atoms with E-state index in [1.165, 1.54) is 18.3 Å². The Hall–Kier alpha value is -1.38. The number of sulfonamides is 1. The van der Waals surface area contributed by atoms with E-state index in [1.807, 2.05) is 0 Å². The van der Waals surface area contributed by atoms with Gasteiger partial charge in [0.15, 0.2) is 0 Å². The van der Waals surface area contributed by atoms with E-state index in [4.69, 9.17) is 14.9 Å². The Labute approximate surface area is 130 Å². The maximum Gasteiger partial charge on any atom is 0.342 e. The first-order valence-electron chi connectivity index (χ1n) is 7.21. The van der Waals surface area contributed by atoms with Crippen molar-refractivity contribution in [2.45, 2.75) is 31.6 Å². The zero-order chi connectivity index (χ0) is 16.5. The first kappa shape index (κ1) is 17.0. The highest BCUT2D eigenvalue weighted by molar-refractivity contribution is 7.89. The Bertz CT molecular complexity index is 665. The fourth-order valence-electron chi connectivity index (χ4n) is 2.88. The number of methoxy groups -OCH3 is 1. The standard InChI is InChI=1S/C14H22N2O5S/c1-9-12(14(17)20-3)13(10(2)21-9)22(18,19)16-6-4-5-11(7-15)8-16/h11H,4-8,15H2,1-3H3. The Morgan fingerprint density at radius 3 is 2.68 bits per heavy atom. The van der Waals surface area contributed by atoms with Crippen LogP contribution in [-0.4, -0.2) is 45.4 Å². The van der Waals surface area contributed by atoms with Crippen LogP contribution in [-0.2, 0) is 14.8 Å². The number of hydrogen-bond acceptors (Lipinski definition) is 6. The zero-order valence-electron chi connectivity index (χ0n) is 13.1. The third-order valence-electron chi connectivity index (χ3n) is 4.01. The van der Waals surface area contributed by atoms with Crippen LogP contribution in [0.4, 0.5) is 0 Å². The van der Waals surface area contributed by atoms with E-state index in [-0.39, 0.29) is 27.9 Å². The van der Waals surface area contributed by atoms with Crippen LogP contribution in [0, 0.1) is 19.8 Å². The number of nitrogens with two attached hydrogens (primary N) is 1. The molecule has 22 heavy (non-hydrogen) atoms. The summed E-state index contributed by atoms with van der Waals surface area (Å²) in [5.74, 6) is -0.123. The monoisotopic (exact) mass is 330 g/mol. The minimum Gasteiger partial charge on any atom is -0.465 e. The third-order valence-corrected chi connectivity index (χ3v) is 6.03. The van der Waals surface area contributed by atoms with E-state index in [0.29, 0.717) is 19.6 Å². The number of esters is 1. The van der Waals surface area contributed by atoms with Crippen molar-refractivity contribution in [2.24, 2.45) is 11.7 Å². The molecule has 0 aliphatic carbocycles. The van der Waals surface area contributed by atoms with Crippen LogP contribution < -0.4 is 5.73 Å². The van der Waals surface area contributed by atoms with Gasteiger partial charge in [0, 0.05) is 13.1 Å². The quantitative estimate of drug-likeness (QED) is 0.828. The summed E-state index contributed by atoms with van der Waals surface area (Å²) in [6.07, 6.45) is 1.67. The van der Waals surface area contributed by atoms with Gasteiger partial charge in [0.2, 0.25) is 10.0 Å². The smallest absolute Gasteiger partial charge is 0.342 e. The average Bonchev–Trinajstić information content (AvgIpc) is 2.81. The summed E-state index contributed by atoms with van der Waals surface area (Å²) in [7, 11) is -2.60. The van der Waals surface area contributed by atoms with Crippen molar-refractivity contribution in [2.75, 3.05) is 26.7 Å². The third kappa shape index (κ3) is 2.90. The maximum atomic E-state index is 12.9. The van der Waals surface area contributed by atoms with Gasteiger partial charge >= 0.3 is 5.97 Å². The van der Waals surface area contributed by atoms with Crippen molar-refractivity contribution in [3.05, 3.63) is 17.1 Å². The Morgan fingerprint density at radius 1 is 1.41 bits per heavy atom. The highest BCUT2D eigenvalue weighted by atomic mass is 32.2. The molecule has 2 heterocycles. The number of rotatable bonds is 4. The van der Waals surface area contributed by atoms with Crippen LogP contribution in [0.25, 0.3) is 0 Å². The van der Waals surface area contributed by atoms with Gasteiger partial charge in [-0.1, -0.05) is 0 Å². The molecule has 7 nitrogen and oxygen atoms in total. The lowest BCUT2D eigenvalue weighted by Crippen LogP contribution is -2.42. The highest BCUT2D eigenvalue weighted by Gasteiger charge is 2.37. The Kier molecular flexibility index (Phi) is 4.93. The molecule has 0 saturated carbocycles. The van der Waals surface area contributed by atoms with Crippen molar-refractivity contribution in [3.8, 4) is 0 Å². The minimum absolute atomic E-state index is 0.0186. The van der Waals surface area contributed by atoms with Gasteiger partial charge in [-0.25, -0.2) is 13.2 Å². The number of furan rings is 1. The van der Waals surface area contributed by atoms with Crippen LogP contribution in [0.15, 0.2) is 9.31 Å². The summed E-state index contributed by atoms with van der Waals surface area (Å²) in [5.41, 5.74) is 5.65. The molecular weight excluding hydrogens is 308 g/mol. The molecule has 0 aromatic carbocycles. The SMILES string of the molecule is COC(=O)c1c(C)oc(C)c1S(=O)(=O)N1CCCC(CN)C1. The van der Waals surface area contributed by atoms with E-state index in [9.17, 15) is 13.2 Å². The second kappa shape index (κ2) is 6.39. The van der Waals surface area contributed by atoms with Gasteiger partial charge in [0.25, 0.3) is 0 Å². The molecule has 1 saturated heterocycles. The van der Waals surface area contributed by atoms with Gasteiger partial charge in [0.05, 0.1) is 7.11 Å². The van der Waals surface area contributed by atoms with Crippen molar-refractivity contribution in [1.29, 1.82) is 0 Å². The largest absolute Gasteiger partial charge is 0.465 e. The summed E-state index contributed by atoms with van der Waals surface area (Å²) >= 11 is 0. The molecule has 1 fully saturated rings. The van der Waals surface area contributed by atoms with Crippen molar-refractivity contribution in [1.82, 2.24) is 4.31 Å². The molecule has 1 unspecified atom stereocenters. The van der Waals surface area contributed by atoms with Gasteiger partial charge in [0.1, 0.15) is 22.0 Å². The lowest BCUT2D eigenvalue weighted by molar-refractivity contribution is 0.0594. The molecule has 0 bridgehead atoms. The molecular formula is C14H22N2O5S. The van der Waals surface area contributed by atoms with E-state index in [0.717, 1.165) is 12.8 Å². The molecule has 8 heteroatoms. The molecule has 2 N–H and O–H groups in total. The fraction of sp³-hybridized carbons (Fsp3) is 0.643. The predicted molar refractivity (Wildman–Crippen MR) is 80.1 cm³/mol. The number of carbonyl (C=O) groups is 1. The molecule has 2 rings (SSSR count). The lowest BCUT2D eigenvalue weighted by atomic mass is 10.0. The average molecular weight is 330 g/mol. The minimum atomic E-state index is -3.82. The van der Waals surface area contributed by atoms with Crippen LogP contribution in [0.2, 0.25) is 0 Å². The Balaban J connectivity index is 2.48. The molecule has 0 amide bonds. The zero-order valence-corrected chi connectivity index (χ0v) is 13.9. The van der Waals surface area contributed by atoms with E-state index >= 15 is 0 Å². The second-order valence-corrected chi connectivity index (χ2v) is 7.39. The number of ether oxygens (including phenoxy) is 1. The molecule has 124 valence electrons. The van der Waals surface area contributed by atoms with E-state index in [2.05, 4.69) is 0 Å².